The molecule has 0 spiro atoms. The average molecular weight is 325 g/mol. The number of carbonyl (C=O) groups is 1. The van der Waals surface area contributed by atoms with Crippen LogP contribution in [0.5, 0.6) is 5.75 Å². The van der Waals surface area contributed by atoms with E-state index in [2.05, 4.69) is 14.9 Å². The summed E-state index contributed by atoms with van der Waals surface area (Å²) >= 11 is 0. The molecule has 0 radical (unpaired) electrons. The summed E-state index contributed by atoms with van der Waals surface area (Å²) in [4.78, 5) is 14.5. The number of benzene rings is 1. The highest BCUT2D eigenvalue weighted by Gasteiger charge is 2.08. The minimum atomic E-state index is -0.858. The van der Waals surface area contributed by atoms with Crippen LogP contribution < -0.4 is 10.5 Å². The van der Waals surface area contributed by atoms with Crippen molar-refractivity contribution in [3.8, 4) is 17.0 Å². The zero-order valence-electron chi connectivity index (χ0n) is 12.7. The number of nitrogens with two attached hydrogens (primary N) is 1. The van der Waals surface area contributed by atoms with Gasteiger partial charge < -0.3 is 19.7 Å². The zero-order chi connectivity index (χ0) is 16.8. The maximum absolute atomic E-state index is 10.6. The van der Waals surface area contributed by atoms with Gasteiger partial charge in [0.25, 0.3) is 0 Å². The number of pyridine rings is 1. The van der Waals surface area contributed by atoms with Crippen molar-refractivity contribution in [3.05, 3.63) is 66.2 Å². The van der Waals surface area contributed by atoms with Gasteiger partial charge in [-0.3, -0.25) is 4.98 Å². The van der Waals surface area contributed by atoms with E-state index in [9.17, 15) is 4.79 Å². The Balaban J connectivity index is 1.61. The number of amides is 1. The first-order chi connectivity index (χ1) is 11.7. The Kier molecular flexibility index (Phi) is 4.71. The molecule has 0 aliphatic carbocycles. The lowest BCUT2D eigenvalue weighted by Gasteiger charge is -2.06. The second kappa shape index (κ2) is 7.28. The van der Waals surface area contributed by atoms with E-state index in [-0.39, 0.29) is 6.61 Å². The lowest BCUT2D eigenvalue weighted by molar-refractivity contribution is 0.137. The predicted octanol–water partition coefficient (Wildman–Crippen LogP) is 2.91. The first kappa shape index (κ1) is 15.5. The smallest absolute Gasteiger partial charge is 0.404 e. The van der Waals surface area contributed by atoms with Crippen LogP contribution in [0.2, 0.25) is 0 Å². The molecule has 1 amide bonds. The first-order valence-electron chi connectivity index (χ1n) is 7.20. The number of nitrogens with zero attached hydrogens (tertiary/aromatic N) is 2. The van der Waals surface area contributed by atoms with Crippen LogP contribution in [0, 0.1) is 0 Å². The molecule has 7 nitrogen and oxygen atoms in total. The number of rotatable bonds is 6. The highest BCUT2D eigenvalue weighted by Crippen LogP contribution is 2.23. The second-order valence-corrected chi connectivity index (χ2v) is 4.95. The van der Waals surface area contributed by atoms with Crippen molar-refractivity contribution in [2.45, 2.75) is 13.2 Å². The fraction of sp³-hybridized carbons (Fsp3) is 0.118. The van der Waals surface area contributed by atoms with Crippen LogP contribution in [0.4, 0.5) is 4.79 Å². The van der Waals surface area contributed by atoms with Gasteiger partial charge in [-0.25, -0.2) is 4.79 Å². The average Bonchev–Trinajstić information content (AvgIpc) is 3.08. The Hall–Kier alpha value is -3.35. The lowest BCUT2D eigenvalue weighted by Crippen LogP contribution is -2.12. The summed E-state index contributed by atoms with van der Waals surface area (Å²) in [6, 6.07) is 12.9. The van der Waals surface area contributed by atoms with Gasteiger partial charge in [-0.15, -0.1) is 0 Å². The molecular formula is C17H15N3O4. The monoisotopic (exact) mass is 325 g/mol. The molecule has 0 unspecified atom stereocenters. The highest BCUT2D eigenvalue weighted by atomic mass is 16.6. The molecule has 122 valence electrons. The Bertz CT molecular complexity index is 800. The Morgan fingerprint density at radius 3 is 2.54 bits per heavy atom. The van der Waals surface area contributed by atoms with Gasteiger partial charge in [0.1, 0.15) is 18.1 Å². The van der Waals surface area contributed by atoms with Crippen LogP contribution >= 0.6 is 0 Å². The van der Waals surface area contributed by atoms with Crippen LogP contribution in [-0.4, -0.2) is 16.2 Å². The van der Waals surface area contributed by atoms with Crippen molar-refractivity contribution in [2.24, 2.45) is 5.73 Å². The molecule has 1 aromatic carbocycles. The SMILES string of the molecule is NC(=O)OCc1cc(-c2ccc(OCc3ccncc3)cc2)no1. The Morgan fingerprint density at radius 2 is 1.83 bits per heavy atom. The van der Waals surface area contributed by atoms with Crippen molar-refractivity contribution in [3.63, 3.8) is 0 Å². The third kappa shape index (κ3) is 4.10. The third-order valence-corrected chi connectivity index (χ3v) is 3.22. The van der Waals surface area contributed by atoms with Gasteiger partial charge in [0.15, 0.2) is 12.4 Å². The van der Waals surface area contributed by atoms with Gasteiger partial charge in [0, 0.05) is 24.0 Å². The van der Waals surface area contributed by atoms with E-state index in [0.29, 0.717) is 18.1 Å². The third-order valence-electron chi connectivity index (χ3n) is 3.22. The van der Waals surface area contributed by atoms with Gasteiger partial charge in [0.05, 0.1) is 0 Å². The van der Waals surface area contributed by atoms with Crippen molar-refractivity contribution < 1.29 is 18.8 Å². The molecule has 0 saturated heterocycles. The molecule has 0 atom stereocenters. The minimum absolute atomic E-state index is 0.0462. The normalized spacial score (nSPS) is 10.3. The highest BCUT2D eigenvalue weighted by molar-refractivity contribution is 5.64. The maximum atomic E-state index is 10.6. The van der Waals surface area contributed by atoms with E-state index in [4.69, 9.17) is 15.0 Å². The van der Waals surface area contributed by atoms with E-state index in [0.717, 1.165) is 16.9 Å². The van der Waals surface area contributed by atoms with E-state index < -0.39 is 6.09 Å². The fourth-order valence-corrected chi connectivity index (χ4v) is 2.03. The van der Waals surface area contributed by atoms with E-state index in [1.165, 1.54) is 0 Å². The molecule has 2 heterocycles. The van der Waals surface area contributed by atoms with Gasteiger partial charge in [-0.1, -0.05) is 5.16 Å². The van der Waals surface area contributed by atoms with Crippen molar-refractivity contribution >= 4 is 6.09 Å². The Labute approximate surface area is 138 Å². The number of aromatic nitrogens is 2. The predicted molar refractivity (Wildman–Crippen MR) is 84.9 cm³/mol. The Morgan fingerprint density at radius 1 is 1.08 bits per heavy atom. The molecule has 0 bridgehead atoms. The molecule has 3 aromatic rings. The number of hydrogen-bond donors (Lipinski definition) is 1. The van der Waals surface area contributed by atoms with Crippen LogP contribution in [0.15, 0.2) is 59.4 Å². The summed E-state index contributed by atoms with van der Waals surface area (Å²) in [5, 5.41) is 3.93. The van der Waals surface area contributed by atoms with Crippen molar-refractivity contribution in [1.29, 1.82) is 0 Å². The molecular weight excluding hydrogens is 310 g/mol. The molecule has 7 heteroatoms. The minimum Gasteiger partial charge on any atom is -0.489 e. The number of hydrogen-bond acceptors (Lipinski definition) is 6. The van der Waals surface area contributed by atoms with Crippen molar-refractivity contribution in [1.82, 2.24) is 10.1 Å². The summed E-state index contributed by atoms with van der Waals surface area (Å²) < 4.78 is 15.4. The topological polar surface area (TPSA) is 100 Å². The van der Waals surface area contributed by atoms with E-state index in [1.807, 2.05) is 36.4 Å². The first-order valence-corrected chi connectivity index (χ1v) is 7.20. The summed E-state index contributed by atoms with van der Waals surface area (Å²) in [5.74, 6) is 1.16. The maximum Gasteiger partial charge on any atom is 0.404 e. The lowest BCUT2D eigenvalue weighted by atomic mass is 10.1. The van der Waals surface area contributed by atoms with Crippen LogP contribution in [-0.2, 0) is 18.0 Å². The number of carbonyl (C=O) groups excluding carboxylic acids is 1. The van der Waals surface area contributed by atoms with Crippen LogP contribution in [0.25, 0.3) is 11.3 Å². The van der Waals surface area contributed by atoms with Crippen LogP contribution in [0.1, 0.15) is 11.3 Å². The molecule has 0 fully saturated rings. The molecule has 24 heavy (non-hydrogen) atoms. The summed E-state index contributed by atoms with van der Waals surface area (Å²) in [5.41, 5.74) is 7.45. The molecule has 3 rings (SSSR count). The molecule has 0 aliphatic rings. The van der Waals surface area contributed by atoms with Gasteiger partial charge in [0.2, 0.25) is 0 Å². The molecule has 0 saturated carbocycles. The number of primary amides is 1. The summed E-state index contributed by atoms with van der Waals surface area (Å²) in [6.07, 6.45) is 2.60. The van der Waals surface area contributed by atoms with Crippen LogP contribution in [0.3, 0.4) is 0 Å². The number of ether oxygens (including phenoxy) is 2. The quantitative estimate of drug-likeness (QED) is 0.748. The summed E-state index contributed by atoms with van der Waals surface area (Å²) in [7, 11) is 0. The van der Waals surface area contributed by atoms with Gasteiger partial charge in [-0.2, -0.15) is 0 Å². The summed E-state index contributed by atoms with van der Waals surface area (Å²) in [6.45, 7) is 0.426. The molecule has 2 N–H and O–H groups in total. The fourth-order valence-electron chi connectivity index (χ4n) is 2.03. The largest absolute Gasteiger partial charge is 0.489 e. The van der Waals surface area contributed by atoms with Gasteiger partial charge in [-0.05, 0) is 42.0 Å². The zero-order valence-corrected chi connectivity index (χ0v) is 12.7. The van der Waals surface area contributed by atoms with Gasteiger partial charge >= 0.3 is 6.09 Å². The standard InChI is InChI=1S/C17H15N3O4/c18-17(21)23-11-15-9-16(20-24-15)13-1-3-14(4-2-13)22-10-12-5-7-19-8-6-12/h1-9H,10-11H2,(H2,18,21). The molecule has 2 aromatic heterocycles. The molecule has 0 aliphatic heterocycles. The van der Waals surface area contributed by atoms with E-state index in [1.54, 1.807) is 18.5 Å². The van der Waals surface area contributed by atoms with Crippen molar-refractivity contribution in [2.75, 3.05) is 0 Å². The second-order valence-electron chi connectivity index (χ2n) is 4.95. The van der Waals surface area contributed by atoms with E-state index >= 15 is 0 Å².